The maximum absolute atomic E-state index is 9.38. The highest BCUT2D eigenvalue weighted by atomic mass is 35.5. The zero-order chi connectivity index (χ0) is 12.9. The molecule has 0 aliphatic carbocycles. The minimum absolute atomic E-state index is 0.0212. The maximum atomic E-state index is 9.38. The number of rotatable bonds is 6. The molecule has 0 fully saturated rings. The lowest BCUT2D eigenvalue weighted by Gasteiger charge is -2.33. The summed E-state index contributed by atoms with van der Waals surface area (Å²) in [6.45, 7) is 3.74. The Morgan fingerprint density at radius 2 is 2.00 bits per heavy atom. The van der Waals surface area contributed by atoms with E-state index in [0.717, 1.165) is 5.56 Å². The Labute approximate surface area is 107 Å². The molecule has 1 aromatic carbocycles. The standard InChI is InChI=1S/C13H20ClNO2/c1-3-13(8-16,9-17)15-10(2)11-5-4-6-12(14)7-11/h4-7,10,15-17H,3,8-9H2,1-2H3. The molecule has 0 aliphatic rings. The van der Waals surface area contributed by atoms with Gasteiger partial charge in [0, 0.05) is 11.1 Å². The molecular weight excluding hydrogens is 238 g/mol. The second-order valence-corrected chi connectivity index (χ2v) is 4.81. The number of hydrogen-bond acceptors (Lipinski definition) is 3. The van der Waals surface area contributed by atoms with Crippen LogP contribution in [0.15, 0.2) is 24.3 Å². The zero-order valence-corrected chi connectivity index (χ0v) is 11.0. The second kappa shape index (κ2) is 6.36. The number of aliphatic hydroxyl groups is 2. The molecule has 0 radical (unpaired) electrons. The van der Waals surface area contributed by atoms with Gasteiger partial charge in [0.15, 0.2) is 0 Å². The number of halogens is 1. The molecule has 96 valence electrons. The van der Waals surface area contributed by atoms with E-state index in [0.29, 0.717) is 11.4 Å². The Kier molecular flexibility index (Phi) is 5.40. The Hall–Kier alpha value is -0.610. The predicted molar refractivity (Wildman–Crippen MR) is 70.2 cm³/mol. The van der Waals surface area contributed by atoms with Crippen LogP contribution in [0.25, 0.3) is 0 Å². The van der Waals surface area contributed by atoms with Crippen LogP contribution in [0.5, 0.6) is 0 Å². The summed E-state index contributed by atoms with van der Waals surface area (Å²) in [4.78, 5) is 0. The average Bonchev–Trinajstić information content (AvgIpc) is 2.36. The number of benzene rings is 1. The molecule has 3 N–H and O–H groups in total. The number of hydrogen-bond donors (Lipinski definition) is 3. The van der Waals surface area contributed by atoms with Gasteiger partial charge in [0.1, 0.15) is 0 Å². The quantitative estimate of drug-likeness (QED) is 0.732. The lowest BCUT2D eigenvalue weighted by atomic mass is 9.95. The van der Waals surface area contributed by atoms with Gasteiger partial charge >= 0.3 is 0 Å². The summed E-state index contributed by atoms with van der Waals surface area (Å²) in [5.74, 6) is 0. The first-order valence-corrected chi connectivity index (χ1v) is 6.19. The molecule has 0 saturated carbocycles. The highest BCUT2D eigenvalue weighted by Gasteiger charge is 2.28. The molecular formula is C13H20ClNO2. The molecule has 1 atom stereocenters. The minimum atomic E-state index is -0.637. The van der Waals surface area contributed by atoms with Crippen molar-refractivity contribution in [3.63, 3.8) is 0 Å². The normalized spacial score (nSPS) is 13.7. The summed E-state index contributed by atoms with van der Waals surface area (Å²) < 4.78 is 0. The maximum Gasteiger partial charge on any atom is 0.0650 e. The van der Waals surface area contributed by atoms with Crippen LogP contribution in [0.4, 0.5) is 0 Å². The zero-order valence-electron chi connectivity index (χ0n) is 10.3. The minimum Gasteiger partial charge on any atom is -0.394 e. The van der Waals surface area contributed by atoms with Gasteiger partial charge in [0.2, 0.25) is 0 Å². The van der Waals surface area contributed by atoms with E-state index in [2.05, 4.69) is 5.32 Å². The van der Waals surface area contributed by atoms with Crippen LogP contribution < -0.4 is 5.32 Å². The van der Waals surface area contributed by atoms with Gasteiger partial charge in [-0.2, -0.15) is 0 Å². The van der Waals surface area contributed by atoms with Crippen LogP contribution in [-0.2, 0) is 0 Å². The Bertz CT molecular complexity index is 345. The van der Waals surface area contributed by atoms with E-state index < -0.39 is 5.54 Å². The fourth-order valence-electron chi connectivity index (χ4n) is 1.79. The van der Waals surface area contributed by atoms with Crippen LogP contribution >= 0.6 is 11.6 Å². The molecule has 1 rings (SSSR count). The first-order valence-electron chi connectivity index (χ1n) is 5.82. The molecule has 0 heterocycles. The molecule has 0 saturated heterocycles. The SMILES string of the molecule is CCC(CO)(CO)NC(C)c1cccc(Cl)c1. The molecule has 0 bridgehead atoms. The van der Waals surface area contributed by atoms with E-state index in [1.54, 1.807) is 0 Å². The van der Waals surface area contributed by atoms with Gasteiger partial charge in [-0.05, 0) is 31.0 Å². The fraction of sp³-hybridized carbons (Fsp3) is 0.538. The summed E-state index contributed by atoms with van der Waals surface area (Å²) in [6, 6.07) is 7.59. The van der Waals surface area contributed by atoms with E-state index in [4.69, 9.17) is 11.6 Å². The van der Waals surface area contributed by atoms with Crippen molar-refractivity contribution in [1.29, 1.82) is 0 Å². The topological polar surface area (TPSA) is 52.5 Å². The summed E-state index contributed by atoms with van der Waals surface area (Å²) in [7, 11) is 0. The van der Waals surface area contributed by atoms with Crippen LogP contribution in [0.1, 0.15) is 31.9 Å². The van der Waals surface area contributed by atoms with E-state index >= 15 is 0 Å². The van der Waals surface area contributed by atoms with E-state index in [9.17, 15) is 10.2 Å². The molecule has 0 amide bonds. The van der Waals surface area contributed by atoms with Gasteiger partial charge in [-0.1, -0.05) is 30.7 Å². The largest absolute Gasteiger partial charge is 0.394 e. The van der Waals surface area contributed by atoms with Gasteiger partial charge in [-0.15, -0.1) is 0 Å². The Balaban J connectivity index is 2.80. The monoisotopic (exact) mass is 257 g/mol. The Morgan fingerprint density at radius 1 is 1.35 bits per heavy atom. The molecule has 3 nitrogen and oxygen atoms in total. The third-order valence-corrected chi connectivity index (χ3v) is 3.39. The van der Waals surface area contributed by atoms with Gasteiger partial charge < -0.3 is 15.5 Å². The van der Waals surface area contributed by atoms with Crippen LogP contribution in [-0.4, -0.2) is 29.0 Å². The Morgan fingerprint density at radius 3 is 2.47 bits per heavy atom. The molecule has 0 aromatic heterocycles. The van der Waals surface area contributed by atoms with Crippen molar-refractivity contribution in [1.82, 2.24) is 5.32 Å². The smallest absolute Gasteiger partial charge is 0.0650 e. The number of aliphatic hydroxyl groups excluding tert-OH is 2. The summed E-state index contributed by atoms with van der Waals surface area (Å²) in [6.07, 6.45) is 0.658. The highest BCUT2D eigenvalue weighted by molar-refractivity contribution is 6.30. The fourth-order valence-corrected chi connectivity index (χ4v) is 1.98. The molecule has 0 aliphatic heterocycles. The highest BCUT2D eigenvalue weighted by Crippen LogP contribution is 2.21. The van der Waals surface area contributed by atoms with Crippen LogP contribution in [0.3, 0.4) is 0 Å². The van der Waals surface area contributed by atoms with Crippen LogP contribution in [0, 0.1) is 0 Å². The summed E-state index contributed by atoms with van der Waals surface area (Å²) >= 11 is 5.94. The first kappa shape index (κ1) is 14.5. The van der Waals surface area contributed by atoms with Crippen LogP contribution in [0.2, 0.25) is 5.02 Å². The molecule has 4 heteroatoms. The van der Waals surface area contributed by atoms with E-state index in [1.165, 1.54) is 0 Å². The van der Waals surface area contributed by atoms with Gasteiger partial charge in [-0.3, -0.25) is 0 Å². The molecule has 1 aromatic rings. The predicted octanol–water partition coefficient (Wildman–Crippen LogP) is 2.12. The van der Waals surface area contributed by atoms with Gasteiger partial charge in [0.25, 0.3) is 0 Å². The lowest BCUT2D eigenvalue weighted by molar-refractivity contribution is 0.0793. The molecule has 17 heavy (non-hydrogen) atoms. The van der Waals surface area contributed by atoms with E-state index in [1.807, 2.05) is 38.1 Å². The second-order valence-electron chi connectivity index (χ2n) is 4.37. The van der Waals surface area contributed by atoms with Crippen molar-refractivity contribution in [2.24, 2.45) is 0 Å². The third kappa shape index (κ3) is 3.68. The molecule has 0 spiro atoms. The van der Waals surface area contributed by atoms with E-state index in [-0.39, 0.29) is 19.3 Å². The van der Waals surface area contributed by atoms with Gasteiger partial charge in [-0.25, -0.2) is 0 Å². The van der Waals surface area contributed by atoms with Crippen molar-refractivity contribution in [3.05, 3.63) is 34.9 Å². The van der Waals surface area contributed by atoms with Crippen molar-refractivity contribution in [3.8, 4) is 0 Å². The summed E-state index contributed by atoms with van der Waals surface area (Å²) in [5, 5.41) is 22.7. The molecule has 1 unspecified atom stereocenters. The average molecular weight is 258 g/mol. The first-order chi connectivity index (χ1) is 8.06. The van der Waals surface area contributed by atoms with Crippen molar-refractivity contribution >= 4 is 11.6 Å². The van der Waals surface area contributed by atoms with Gasteiger partial charge in [0.05, 0.1) is 18.8 Å². The lowest BCUT2D eigenvalue weighted by Crippen LogP contribution is -2.52. The summed E-state index contributed by atoms with van der Waals surface area (Å²) in [5.41, 5.74) is 0.402. The number of nitrogens with one attached hydrogen (secondary N) is 1. The third-order valence-electron chi connectivity index (χ3n) is 3.15. The van der Waals surface area contributed by atoms with Crippen molar-refractivity contribution in [2.45, 2.75) is 31.8 Å². The van der Waals surface area contributed by atoms with Crippen molar-refractivity contribution < 1.29 is 10.2 Å². The van der Waals surface area contributed by atoms with Crippen molar-refractivity contribution in [2.75, 3.05) is 13.2 Å².